The Hall–Kier alpha value is -3.02. The molecule has 6 heteroatoms. The van der Waals surface area contributed by atoms with Crippen molar-refractivity contribution in [3.8, 4) is 0 Å². The van der Waals surface area contributed by atoms with Crippen LogP contribution < -0.4 is 10.6 Å². The van der Waals surface area contributed by atoms with E-state index in [1.807, 2.05) is 44.2 Å². The van der Waals surface area contributed by atoms with Crippen LogP contribution in [0.5, 0.6) is 0 Å². The fourth-order valence-corrected chi connectivity index (χ4v) is 2.08. The fourth-order valence-electron chi connectivity index (χ4n) is 2.08. The number of hydrogen-bond donors (Lipinski definition) is 2. The van der Waals surface area contributed by atoms with Crippen LogP contribution >= 0.6 is 0 Å². The predicted octanol–water partition coefficient (Wildman–Crippen LogP) is 3.37. The highest BCUT2D eigenvalue weighted by atomic mass is 15.1. The molecule has 0 bridgehead atoms. The Bertz CT molecular complexity index is 752. The van der Waals surface area contributed by atoms with Gasteiger partial charge in [0, 0.05) is 35.2 Å². The molecule has 1 aromatic carbocycles. The summed E-state index contributed by atoms with van der Waals surface area (Å²) in [5.74, 6) is 1.15. The van der Waals surface area contributed by atoms with Gasteiger partial charge in [-0.2, -0.15) is 0 Å². The van der Waals surface area contributed by atoms with Gasteiger partial charge in [-0.25, -0.2) is 19.9 Å². The molecule has 0 spiro atoms. The quantitative estimate of drug-likeness (QED) is 0.768. The summed E-state index contributed by atoms with van der Waals surface area (Å²) in [5.41, 5.74) is 3.65. The second kappa shape index (κ2) is 6.17. The molecule has 0 unspecified atom stereocenters. The molecular formula is C16H16N6. The number of nitrogens with zero attached hydrogens (tertiary/aromatic N) is 4. The summed E-state index contributed by atoms with van der Waals surface area (Å²) < 4.78 is 0. The van der Waals surface area contributed by atoms with E-state index < -0.39 is 0 Å². The highest BCUT2D eigenvalue weighted by Crippen LogP contribution is 2.20. The van der Waals surface area contributed by atoms with Crippen LogP contribution in [0.15, 0.2) is 48.8 Å². The lowest BCUT2D eigenvalue weighted by Gasteiger charge is -2.09. The van der Waals surface area contributed by atoms with Crippen molar-refractivity contribution in [3.63, 3.8) is 0 Å². The largest absolute Gasteiger partial charge is 0.324 e. The highest BCUT2D eigenvalue weighted by Gasteiger charge is 2.02. The third-order valence-corrected chi connectivity index (χ3v) is 2.92. The Labute approximate surface area is 128 Å². The summed E-state index contributed by atoms with van der Waals surface area (Å²) in [6.45, 7) is 3.90. The molecule has 0 saturated carbocycles. The van der Waals surface area contributed by atoms with Gasteiger partial charge in [-0.15, -0.1) is 0 Å². The molecule has 0 aliphatic heterocycles. The minimum absolute atomic E-state index is 0.558. The Morgan fingerprint density at radius 2 is 1.32 bits per heavy atom. The SMILES string of the molecule is Cc1cc(C)nc(Nc2cccc(Nc3ncccn3)c2)n1. The van der Waals surface area contributed by atoms with E-state index in [-0.39, 0.29) is 0 Å². The van der Waals surface area contributed by atoms with Gasteiger partial charge in [-0.3, -0.25) is 0 Å². The van der Waals surface area contributed by atoms with Crippen LogP contribution in [0.4, 0.5) is 23.3 Å². The Morgan fingerprint density at radius 3 is 1.95 bits per heavy atom. The van der Waals surface area contributed by atoms with Gasteiger partial charge in [0.05, 0.1) is 0 Å². The molecule has 0 aliphatic rings. The molecule has 3 rings (SSSR count). The highest BCUT2D eigenvalue weighted by molar-refractivity contribution is 5.64. The maximum Gasteiger partial charge on any atom is 0.227 e. The van der Waals surface area contributed by atoms with Crippen molar-refractivity contribution in [1.29, 1.82) is 0 Å². The predicted molar refractivity (Wildman–Crippen MR) is 86.5 cm³/mol. The third kappa shape index (κ3) is 3.54. The zero-order chi connectivity index (χ0) is 15.4. The molecule has 0 aliphatic carbocycles. The lowest BCUT2D eigenvalue weighted by molar-refractivity contribution is 1.06. The van der Waals surface area contributed by atoms with Gasteiger partial charge in [0.25, 0.3) is 0 Å². The number of aromatic nitrogens is 4. The smallest absolute Gasteiger partial charge is 0.227 e. The van der Waals surface area contributed by atoms with Gasteiger partial charge in [0.2, 0.25) is 11.9 Å². The summed E-state index contributed by atoms with van der Waals surface area (Å²) in [6, 6.07) is 11.5. The molecular weight excluding hydrogens is 276 g/mol. The zero-order valence-corrected chi connectivity index (χ0v) is 12.4. The average molecular weight is 292 g/mol. The first kappa shape index (κ1) is 13.9. The summed E-state index contributed by atoms with van der Waals surface area (Å²) >= 11 is 0. The van der Waals surface area contributed by atoms with E-state index in [9.17, 15) is 0 Å². The molecule has 0 amide bonds. The average Bonchev–Trinajstić information content (AvgIpc) is 2.47. The van der Waals surface area contributed by atoms with Crippen molar-refractivity contribution in [1.82, 2.24) is 19.9 Å². The van der Waals surface area contributed by atoms with Crippen molar-refractivity contribution in [3.05, 3.63) is 60.2 Å². The lowest BCUT2D eigenvalue weighted by atomic mass is 10.3. The van der Waals surface area contributed by atoms with Crippen molar-refractivity contribution < 1.29 is 0 Å². The normalized spacial score (nSPS) is 10.3. The van der Waals surface area contributed by atoms with E-state index in [1.54, 1.807) is 18.5 Å². The van der Waals surface area contributed by atoms with Gasteiger partial charge in [-0.1, -0.05) is 6.07 Å². The summed E-state index contributed by atoms with van der Waals surface area (Å²) in [4.78, 5) is 17.0. The van der Waals surface area contributed by atoms with E-state index >= 15 is 0 Å². The number of nitrogens with one attached hydrogen (secondary N) is 2. The van der Waals surface area contributed by atoms with Crippen LogP contribution in [0, 0.1) is 13.8 Å². The maximum absolute atomic E-state index is 4.38. The Kier molecular flexibility index (Phi) is 3.91. The van der Waals surface area contributed by atoms with Crippen molar-refractivity contribution >= 4 is 23.3 Å². The van der Waals surface area contributed by atoms with Gasteiger partial charge in [0.15, 0.2) is 0 Å². The van der Waals surface area contributed by atoms with Crippen LogP contribution in [0.2, 0.25) is 0 Å². The number of hydrogen-bond acceptors (Lipinski definition) is 6. The van der Waals surface area contributed by atoms with Crippen molar-refractivity contribution in [2.75, 3.05) is 10.6 Å². The fraction of sp³-hybridized carbons (Fsp3) is 0.125. The van der Waals surface area contributed by atoms with E-state index in [2.05, 4.69) is 30.6 Å². The minimum Gasteiger partial charge on any atom is -0.324 e. The maximum atomic E-state index is 4.38. The molecule has 0 fully saturated rings. The number of benzene rings is 1. The molecule has 0 radical (unpaired) electrons. The summed E-state index contributed by atoms with van der Waals surface area (Å²) in [7, 11) is 0. The molecule has 6 nitrogen and oxygen atoms in total. The zero-order valence-electron chi connectivity index (χ0n) is 12.4. The van der Waals surface area contributed by atoms with Gasteiger partial charge in [-0.05, 0) is 44.2 Å². The minimum atomic E-state index is 0.558. The lowest BCUT2D eigenvalue weighted by Crippen LogP contribution is -2.01. The van der Waals surface area contributed by atoms with E-state index in [0.717, 1.165) is 22.8 Å². The molecule has 2 aromatic heterocycles. The van der Waals surface area contributed by atoms with Gasteiger partial charge < -0.3 is 10.6 Å². The molecule has 2 N–H and O–H groups in total. The Balaban J connectivity index is 1.79. The first-order valence-corrected chi connectivity index (χ1v) is 6.92. The molecule has 22 heavy (non-hydrogen) atoms. The monoisotopic (exact) mass is 292 g/mol. The third-order valence-electron chi connectivity index (χ3n) is 2.92. The standard InChI is InChI=1S/C16H16N6/c1-11-9-12(2)20-16(19-11)22-14-6-3-5-13(10-14)21-15-17-7-4-8-18-15/h3-10H,1-2H3,(H,17,18,21)(H,19,20,22). The van der Waals surface area contributed by atoms with Crippen molar-refractivity contribution in [2.24, 2.45) is 0 Å². The second-order valence-electron chi connectivity index (χ2n) is 4.88. The van der Waals surface area contributed by atoms with E-state index in [1.165, 1.54) is 0 Å². The topological polar surface area (TPSA) is 75.6 Å². The van der Waals surface area contributed by atoms with Crippen LogP contribution in [0.1, 0.15) is 11.4 Å². The van der Waals surface area contributed by atoms with Crippen LogP contribution in [0.3, 0.4) is 0 Å². The Morgan fingerprint density at radius 1 is 0.727 bits per heavy atom. The van der Waals surface area contributed by atoms with Gasteiger partial charge in [0.1, 0.15) is 0 Å². The number of anilines is 4. The molecule has 110 valence electrons. The number of rotatable bonds is 4. The second-order valence-corrected chi connectivity index (χ2v) is 4.88. The first-order valence-electron chi connectivity index (χ1n) is 6.92. The first-order chi connectivity index (χ1) is 10.7. The van der Waals surface area contributed by atoms with Crippen LogP contribution in [-0.2, 0) is 0 Å². The number of aryl methyl sites for hydroxylation is 2. The molecule has 0 saturated heterocycles. The van der Waals surface area contributed by atoms with Crippen molar-refractivity contribution in [2.45, 2.75) is 13.8 Å². The summed E-state index contributed by atoms with van der Waals surface area (Å²) in [6.07, 6.45) is 3.39. The van der Waals surface area contributed by atoms with Crippen LogP contribution in [0.25, 0.3) is 0 Å². The molecule has 2 heterocycles. The van der Waals surface area contributed by atoms with E-state index in [4.69, 9.17) is 0 Å². The van der Waals surface area contributed by atoms with Gasteiger partial charge >= 0.3 is 0 Å². The van der Waals surface area contributed by atoms with Crippen LogP contribution in [-0.4, -0.2) is 19.9 Å². The summed E-state index contributed by atoms with van der Waals surface area (Å²) in [5, 5.41) is 6.36. The molecule has 3 aromatic rings. The molecule has 0 atom stereocenters. The van der Waals surface area contributed by atoms with E-state index in [0.29, 0.717) is 11.9 Å².